The Balaban J connectivity index is 0.994. The average molecular weight is 720 g/mol. The number of hydrogen-bond donors (Lipinski definition) is 1. The molecule has 0 unspecified atom stereocenters. The molecule has 0 aliphatic rings. The van der Waals surface area contributed by atoms with Gasteiger partial charge in [-0.2, -0.15) is 0 Å². The number of anilines is 6. The van der Waals surface area contributed by atoms with Gasteiger partial charge in [0, 0.05) is 22.7 Å². The second-order valence-electron chi connectivity index (χ2n) is 13.9. The van der Waals surface area contributed by atoms with Gasteiger partial charge < -0.3 is 14.9 Å². The maximum absolute atomic E-state index is 3.62. The zero-order valence-corrected chi connectivity index (χ0v) is 31.5. The van der Waals surface area contributed by atoms with Crippen molar-refractivity contribution in [3.05, 3.63) is 230 Å². The summed E-state index contributed by atoms with van der Waals surface area (Å²) >= 11 is 0. The minimum absolute atomic E-state index is 1.01. The van der Waals surface area contributed by atoms with Gasteiger partial charge in [0.15, 0.2) is 0 Å². The predicted octanol–water partition coefficient (Wildman–Crippen LogP) is 11.4. The Morgan fingerprint density at radius 1 is 0.375 bits per heavy atom. The average Bonchev–Trinajstić information content (AvgIpc) is 3.27. The highest BCUT2D eigenvalue weighted by Gasteiger charge is 2.18. The van der Waals surface area contributed by atoms with Crippen LogP contribution in [-0.4, -0.2) is 14.8 Å². The Labute approximate surface area is 333 Å². The summed E-state index contributed by atoms with van der Waals surface area (Å²) in [7, 11) is 4.47. The molecule has 3 nitrogen and oxygen atoms in total. The molecule has 0 heterocycles. The van der Waals surface area contributed by atoms with Crippen molar-refractivity contribution in [3.63, 3.8) is 0 Å². The lowest BCUT2D eigenvalue weighted by molar-refractivity contribution is 0.821. The number of hydrogen-bond acceptors (Lipinski definition) is 3. The number of aryl methyl sites for hydroxylation is 2. The minimum atomic E-state index is 1.01. The number of nitrogens with zero attached hydrogens (tertiary/aromatic N) is 2. The lowest BCUT2D eigenvalue weighted by atomic mass is 9.77. The van der Waals surface area contributed by atoms with Crippen molar-refractivity contribution in [2.24, 2.45) is 0 Å². The fourth-order valence-electron chi connectivity index (χ4n) is 7.12. The molecule has 56 heavy (non-hydrogen) atoms. The molecule has 1 N–H and O–H groups in total. The van der Waals surface area contributed by atoms with Gasteiger partial charge in [-0.25, -0.2) is 0 Å². The highest BCUT2D eigenvalue weighted by atomic mass is 15.1. The summed E-state index contributed by atoms with van der Waals surface area (Å²) in [5.41, 5.74) is 13.9. The molecular formula is C51H43B2N3. The maximum Gasteiger partial charge on any atom is 0.291 e. The van der Waals surface area contributed by atoms with Crippen LogP contribution in [0.5, 0.6) is 0 Å². The van der Waals surface area contributed by atoms with E-state index in [2.05, 4.69) is 230 Å². The zero-order chi connectivity index (χ0) is 37.8. The fourth-order valence-corrected chi connectivity index (χ4v) is 7.12. The Kier molecular flexibility index (Phi) is 11.7. The highest BCUT2D eigenvalue weighted by Crippen LogP contribution is 2.34. The molecule has 5 heteroatoms. The fraction of sp³-hybridized carbons (Fsp3) is 0.0588. The first-order valence-corrected chi connectivity index (χ1v) is 19.4. The second kappa shape index (κ2) is 18.1. The second-order valence-corrected chi connectivity index (χ2v) is 13.9. The van der Waals surface area contributed by atoms with Crippen molar-refractivity contribution in [1.82, 2.24) is 0 Å². The summed E-state index contributed by atoms with van der Waals surface area (Å²) in [6.45, 7) is 0. The molecule has 0 aromatic heterocycles. The third kappa shape index (κ3) is 9.14. The SMILES string of the molecule is [B](c1ccc(-c2ccc([B]N(c3ccccc3)c3ccccc3Nc3ccccc3)cc2)cc1)N(c1ccccc1)c1ccccc1CCCc1ccccc1. The van der Waals surface area contributed by atoms with Crippen LogP contribution in [0.25, 0.3) is 11.1 Å². The summed E-state index contributed by atoms with van der Waals surface area (Å²) in [4.78, 5) is 4.59. The molecule has 268 valence electrons. The number of benzene rings is 8. The van der Waals surface area contributed by atoms with E-state index in [0.717, 1.165) is 58.6 Å². The van der Waals surface area contributed by atoms with Crippen LogP contribution in [0.1, 0.15) is 17.5 Å². The van der Waals surface area contributed by atoms with Gasteiger partial charge in [-0.3, -0.25) is 0 Å². The van der Waals surface area contributed by atoms with Crippen LogP contribution in [0.15, 0.2) is 218 Å². The van der Waals surface area contributed by atoms with Crippen LogP contribution < -0.4 is 25.9 Å². The van der Waals surface area contributed by atoms with E-state index in [1.165, 1.54) is 27.9 Å². The van der Waals surface area contributed by atoms with Gasteiger partial charge in [0.2, 0.25) is 0 Å². The van der Waals surface area contributed by atoms with E-state index < -0.39 is 0 Å². The smallest absolute Gasteiger partial charge is 0.291 e. The van der Waals surface area contributed by atoms with Crippen LogP contribution >= 0.6 is 0 Å². The van der Waals surface area contributed by atoms with Crippen LogP contribution in [0.2, 0.25) is 0 Å². The van der Waals surface area contributed by atoms with Crippen LogP contribution in [-0.2, 0) is 12.8 Å². The van der Waals surface area contributed by atoms with Gasteiger partial charge in [-0.05, 0) is 96.1 Å². The van der Waals surface area contributed by atoms with Gasteiger partial charge in [-0.1, -0.05) is 175 Å². The summed E-state index contributed by atoms with van der Waals surface area (Å²) in [5.74, 6) is 0. The van der Waals surface area contributed by atoms with Crippen molar-refractivity contribution in [2.45, 2.75) is 19.3 Å². The van der Waals surface area contributed by atoms with Crippen LogP contribution in [0.4, 0.5) is 34.1 Å². The summed E-state index contributed by atoms with van der Waals surface area (Å²) < 4.78 is 0. The molecule has 0 bridgehead atoms. The standard InChI is InChI=1S/C51H43B2N3/c1-5-18-40(19-6-1)20-17-22-43-21-13-15-30-50(43)55(47-25-9-3-10-26-47)52-44-36-32-41(33-37-44)42-34-38-45(39-35-42)53-56(48-27-11-4-12-28-48)51-31-16-14-29-49(51)54-46-23-7-2-8-24-46/h1-16,18-19,21,23-39,54H,17,20,22H2. The topological polar surface area (TPSA) is 18.5 Å². The largest absolute Gasteiger partial charge is 0.385 e. The minimum Gasteiger partial charge on any atom is -0.385 e. The normalized spacial score (nSPS) is 10.7. The molecule has 8 rings (SSSR count). The Hall–Kier alpha value is -6.71. The van der Waals surface area contributed by atoms with Crippen molar-refractivity contribution in [3.8, 4) is 11.1 Å². The van der Waals surface area contributed by atoms with Gasteiger partial charge in [0.05, 0.1) is 11.4 Å². The summed E-state index contributed by atoms with van der Waals surface area (Å²) in [5, 5.41) is 3.62. The molecule has 0 aliphatic carbocycles. The Morgan fingerprint density at radius 2 is 0.821 bits per heavy atom. The third-order valence-corrected chi connectivity index (χ3v) is 10.0. The lowest BCUT2D eigenvalue weighted by Crippen LogP contribution is -2.33. The molecule has 0 amide bonds. The van der Waals surface area contributed by atoms with E-state index in [1.54, 1.807) is 0 Å². The number of nitrogens with one attached hydrogen (secondary N) is 1. The van der Waals surface area contributed by atoms with Crippen molar-refractivity contribution in [2.75, 3.05) is 14.9 Å². The summed E-state index contributed by atoms with van der Waals surface area (Å²) in [6.07, 6.45) is 3.17. The van der Waals surface area contributed by atoms with Crippen molar-refractivity contribution < 1.29 is 0 Å². The van der Waals surface area contributed by atoms with E-state index in [1.807, 2.05) is 18.2 Å². The van der Waals surface area contributed by atoms with Crippen molar-refractivity contribution in [1.29, 1.82) is 0 Å². The molecule has 8 aromatic rings. The predicted molar refractivity (Wildman–Crippen MR) is 241 cm³/mol. The van der Waals surface area contributed by atoms with Crippen LogP contribution in [0.3, 0.4) is 0 Å². The first-order chi connectivity index (χ1) is 27.8. The first-order valence-electron chi connectivity index (χ1n) is 19.4. The molecule has 8 aromatic carbocycles. The highest BCUT2D eigenvalue weighted by molar-refractivity contribution is 6.60. The van der Waals surface area contributed by atoms with Gasteiger partial charge in [-0.15, -0.1) is 0 Å². The monoisotopic (exact) mass is 719 g/mol. The molecule has 0 spiro atoms. The van der Waals surface area contributed by atoms with Crippen molar-refractivity contribution >= 4 is 59.9 Å². The number of rotatable bonds is 15. The van der Waals surface area contributed by atoms with Gasteiger partial charge >= 0.3 is 0 Å². The van der Waals surface area contributed by atoms with E-state index in [4.69, 9.17) is 0 Å². The third-order valence-electron chi connectivity index (χ3n) is 10.0. The first kappa shape index (κ1) is 36.3. The lowest BCUT2D eigenvalue weighted by Gasteiger charge is -2.28. The molecular weight excluding hydrogens is 676 g/mol. The number of para-hydroxylation sites is 6. The molecule has 0 aliphatic heterocycles. The van der Waals surface area contributed by atoms with Gasteiger partial charge in [0.1, 0.15) is 0 Å². The molecule has 2 radical (unpaired) electrons. The Bertz CT molecular complexity index is 2410. The zero-order valence-electron chi connectivity index (χ0n) is 31.5. The van der Waals surface area contributed by atoms with E-state index in [-0.39, 0.29) is 0 Å². The summed E-state index contributed by atoms with van der Waals surface area (Å²) in [6, 6.07) is 77.2. The molecule has 0 fully saturated rings. The maximum atomic E-state index is 3.62. The molecule has 0 atom stereocenters. The van der Waals surface area contributed by atoms with E-state index >= 15 is 0 Å². The molecule has 0 saturated heterocycles. The quantitative estimate of drug-likeness (QED) is 0.106. The van der Waals surface area contributed by atoms with Crippen LogP contribution in [0, 0.1) is 0 Å². The Morgan fingerprint density at radius 3 is 1.39 bits per heavy atom. The van der Waals surface area contributed by atoms with Gasteiger partial charge in [0.25, 0.3) is 14.8 Å². The van der Waals surface area contributed by atoms with E-state index in [9.17, 15) is 0 Å². The molecule has 0 saturated carbocycles. The van der Waals surface area contributed by atoms with E-state index in [0.29, 0.717) is 0 Å².